The molecule has 0 saturated carbocycles. The van der Waals surface area contributed by atoms with Gasteiger partial charge in [0.05, 0.1) is 18.6 Å². The fraction of sp³-hybridized carbons (Fsp3) is 0.200. The molecule has 0 radical (unpaired) electrons. The zero-order valence-electron chi connectivity index (χ0n) is 11.1. The minimum atomic E-state index is -0.429. The summed E-state index contributed by atoms with van der Waals surface area (Å²) in [5, 5.41) is 10.5. The van der Waals surface area contributed by atoms with Gasteiger partial charge in [-0.25, -0.2) is 0 Å². The van der Waals surface area contributed by atoms with Crippen molar-refractivity contribution in [3.05, 3.63) is 64.2 Å². The van der Waals surface area contributed by atoms with Crippen LogP contribution in [0.1, 0.15) is 5.56 Å². The quantitative estimate of drug-likeness (QED) is 0.599. The molecule has 5 heteroatoms. The molecule has 0 aliphatic carbocycles. The lowest BCUT2D eigenvalue weighted by atomic mass is 10.1. The Morgan fingerprint density at radius 3 is 2.15 bits per heavy atom. The first-order valence-electron chi connectivity index (χ1n) is 6.19. The summed E-state index contributed by atoms with van der Waals surface area (Å²) in [5.41, 5.74) is 1.21. The first kappa shape index (κ1) is 13.9. The average Bonchev–Trinajstić information content (AvgIpc) is 2.48. The number of rotatable bonds is 6. The van der Waals surface area contributed by atoms with Crippen molar-refractivity contribution in [1.29, 1.82) is 0 Å². The third kappa shape index (κ3) is 3.71. The lowest BCUT2D eigenvalue weighted by Crippen LogP contribution is -2.01. The summed E-state index contributed by atoms with van der Waals surface area (Å²) in [6.07, 6.45) is 0.765. The van der Waals surface area contributed by atoms with E-state index in [9.17, 15) is 10.1 Å². The van der Waals surface area contributed by atoms with Crippen molar-refractivity contribution in [1.82, 2.24) is 0 Å². The maximum Gasteiger partial charge on any atom is 0.269 e. The number of nitrogens with zero attached hydrogens (tertiary/aromatic N) is 1. The molecule has 0 atom stereocenters. The molecule has 2 aromatic rings. The maximum atomic E-state index is 10.5. The van der Waals surface area contributed by atoms with E-state index >= 15 is 0 Å². The van der Waals surface area contributed by atoms with Crippen LogP contribution < -0.4 is 9.47 Å². The van der Waals surface area contributed by atoms with Crippen LogP contribution in [-0.2, 0) is 6.42 Å². The van der Waals surface area contributed by atoms with E-state index in [1.165, 1.54) is 12.1 Å². The van der Waals surface area contributed by atoms with Gasteiger partial charge in [-0.3, -0.25) is 10.1 Å². The number of nitro benzene ring substituents is 1. The summed E-state index contributed by atoms with van der Waals surface area (Å²) in [7, 11) is 1.63. The summed E-state index contributed by atoms with van der Waals surface area (Å²) in [6.45, 7) is 0.518. The van der Waals surface area contributed by atoms with Crippen LogP contribution in [0.15, 0.2) is 48.5 Å². The van der Waals surface area contributed by atoms with E-state index in [-0.39, 0.29) is 5.69 Å². The molecule has 0 aliphatic rings. The van der Waals surface area contributed by atoms with E-state index in [4.69, 9.17) is 9.47 Å². The Labute approximate surface area is 116 Å². The van der Waals surface area contributed by atoms with Crippen molar-refractivity contribution in [3.8, 4) is 11.5 Å². The highest BCUT2D eigenvalue weighted by atomic mass is 16.6. The van der Waals surface area contributed by atoms with Crippen molar-refractivity contribution < 1.29 is 14.4 Å². The van der Waals surface area contributed by atoms with Crippen LogP contribution in [0.4, 0.5) is 5.69 Å². The van der Waals surface area contributed by atoms with Crippen molar-refractivity contribution in [2.75, 3.05) is 13.7 Å². The molecule has 20 heavy (non-hydrogen) atoms. The zero-order valence-corrected chi connectivity index (χ0v) is 11.1. The molecule has 0 spiro atoms. The Hall–Kier alpha value is -2.56. The minimum Gasteiger partial charge on any atom is -0.497 e. The number of methoxy groups -OCH3 is 1. The van der Waals surface area contributed by atoms with Gasteiger partial charge >= 0.3 is 0 Å². The highest BCUT2D eigenvalue weighted by Crippen LogP contribution is 2.18. The molecule has 0 N–H and O–H groups in total. The predicted octanol–water partition coefficient (Wildman–Crippen LogP) is 3.22. The van der Waals surface area contributed by atoms with Crippen molar-refractivity contribution in [2.24, 2.45) is 0 Å². The molecule has 0 saturated heterocycles. The summed E-state index contributed by atoms with van der Waals surface area (Å²) in [4.78, 5) is 10.1. The minimum absolute atomic E-state index is 0.0625. The van der Waals surface area contributed by atoms with E-state index in [1.54, 1.807) is 19.2 Å². The third-order valence-corrected chi connectivity index (χ3v) is 2.87. The summed E-state index contributed by atoms with van der Waals surface area (Å²) >= 11 is 0. The van der Waals surface area contributed by atoms with Gasteiger partial charge < -0.3 is 9.47 Å². The largest absolute Gasteiger partial charge is 0.497 e. The number of hydrogen-bond donors (Lipinski definition) is 0. The van der Waals surface area contributed by atoms with E-state index in [0.717, 1.165) is 17.7 Å². The third-order valence-electron chi connectivity index (χ3n) is 2.87. The monoisotopic (exact) mass is 273 g/mol. The van der Waals surface area contributed by atoms with Crippen LogP contribution >= 0.6 is 0 Å². The number of hydrogen-bond acceptors (Lipinski definition) is 4. The second kappa shape index (κ2) is 6.56. The van der Waals surface area contributed by atoms with Crippen LogP contribution in [0.2, 0.25) is 0 Å². The molecule has 5 nitrogen and oxygen atoms in total. The molecule has 0 bridgehead atoms. The van der Waals surface area contributed by atoms with E-state index in [2.05, 4.69) is 0 Å². The Morgan fingerprint density at radius 1 is 1.00 bits per heavy atom. The topological polar surface area (TPSA) is 61.6 Å². The van der Waals surface area contributed by atoms with E-state index in [0.29, 0.717) is 12.4 Å². The lowest BCUT2D eigenvalue weighted by Gasteiger charge is -2.06. The molecule has 0 aliphatic heterocycles. The summed E-state index contributed by atoms with van der Waals surface area (Å²) in [5.74, 6) is 1.45. The van der Waals surface area contributed by atoms with Crippen LogP contribution in [0, 0.1) is 10.1 Å². The molecule has 0 heterocycles. The van der Waals surface area contributed by atoms with Crippen LogP contribution in [0.3, 0.4) is 0 Å². The molecular formula is C15H15NO4. The van der Waals surface area contributed by atoms with Crippen molar-refractivity contribution in [3.63, 3.8) is 0 Å². The van der Waals surface area contributed by atoms with Gasteiger partial charge in [0.1, 0.15) is 11.5 Å². The molecular weight excluding hydrogens is 258 g/mol. The Morgan fingerprint density at radius 2 is 1.60 bits per heavy atom. The van der Waals surface area contributed by atoms with Gasteiger partial charge in [0.2, 0.25) is 0 Å². The molecule has 0 aromatic heterocycles. The average molecular weight is 273 g/mol. The summed E-state index contributed by atoms with van der Waals surface area (Å²) < 4.78 is 10.6. The molecule has 0 unspecified atom stereocenters. The normalized spacial score (nSPS) is 10.1. The highest BCUT2D eigenvalue weighted by Gasteiger charge is 2.04. The molecule has 0 amide bonds. The lowest BCUT2D eigenvalue weighted by molar-refractivity contribution is -0.384. The number of benzene rings is 2. The van der Waals surface area contributed by atoms with E-state index < -0.39 is 4.92 Å². The molecule has 2 rings (SSSR count). The smallest absolute Gasteiger partial charge is 0.269 e. The van der Waals surface area contributed by atoms with Crippen molar-refractivity contribution in [2.45, 2.75) is 6.42 Å². The zero-order chi connectivity index (χ0) is 14.4. The fourth-order valence-electron chi connectivity index (χ4n) is 1.74. The SMILES string of the molecule is COc1ccc(CCOc2ccc([N+](=O)[O-])cc2)cc1. The molecule has 2 aromatic carbocycles. The van der Waals surface area contributed by atoms with Crippen LogP contribution in [-0.4, -0.2) is 18.6 Å². The highest BCUT2D eigenvalue weighted by molar-refractivity contribution is 5.36. The standard InChI is InChI=1S/C15H15NO4/c1-19-14-6-2-12(3-7-14)10-11-20-15-8-4-13(5-9-15)16(17)18/h2-9H,10-11H2,1H3. The van der Waals surface area contributed by atoms with Crippen LogP contribution in [0.25, 0.3) is 0 Å². The van der Waals surface area contributed by atoms with Gasteiger partial charge in [-0.05, 0) is 29.8 Å². The number of non-ortho nitro benzene ring substituents is 1. The van der Waals surface area contributed by atoms with Gasteiger partial charge in [0.15, 0.2) is 0 Å². The second-order valence-electron chi connectivity index (χ2n) is 4.20. The maximum absolute atomic E-state index is 10.5. The Bertz CT molecular complexity index is 563. The first-order valence-corrected chi connectivity index (χ1v) is 6.19. The van der Waals surface area contributed by atoms with Gasteiger partial charge in [0, 0.05) is 18.6 Å². The van der Waals surface area contributed by atoms with Gasteiger partial charge in [-0.1, -0.05) is 12.1 Å². The Kier molecular flexibility index (Phi) is 4.55. The van der Waals surface area contributed by atoms with Crippen molar-refractivity contribution >= 4 is 5.69 Å². The molecule has 104 valence electrons. The van der Waals surface area contributed by atoms with Gasteiger partial charge in [-0.2, -0.15) is 0 Å². The predicted molar refractivity (Wildman–Crippen MR) is 75.3 cm³/mol. The van der Waals surface area contributed by atoms with Crippen LogP contribution in [0.5, 0.6) is 11.5 Å². The summed E-state index contributed by atoms with van der Waals surface area (Å²) in [6, 6.07) is 13.8. The second-order valence-corrected chi connectivity index (χ2v) is 4.20. The number of nitro groups is 1. The first-order chi connectivity index (χ1) is 9.69. The molecule has 0 fully saturated rings. The number of ether oxygens (including phenoxy) is 2. The van der Waals surface area contributed by atoms with E-state index in [1.807, 2.05) is 24.3 Å². The van der Waals surface area contributed by atoms with Gasteiger partial charge in [0.25, 0.3) is 5.69 Å². The Balaban J connectivity index is 1.84. The fourth-order valence-corrected chi connectivity index (χ4v) is 1.74. The van der Waals surface area contributed by atoms with Gasteiger partial charge in [-0.15, -0.1) is 0 Å².